The van der Waals surface area contributed by atoms with E-state index < -0.39 is 28.0 Å². The zero-order valence-electron chi connectivity index (χ0n) is 15.7. The lowest BCUT2D eigenvalue weighted by atomic mass is 10.3. The van der Waals surface area contributed by atoms with E-state index in [0.717, 1.165) is 4.68 Å². The standard InChI is InChI=1S/C17H14BrClF2N6O3S/c1-9-15(18)16(17(20)21)25-27(9)8-14(28)22-10-2-4-11(5-3-10)31(29,30)26-13-7-6-12(19)23-24-13/h2-7,17H,8H2,1H3,(H,22,28)(H,24,26). The largest absolute Gasteiger partial charge is 0.324 e. The van der Waals surface area contributed by atoms with Gasteiger partial charge in [-0.05, 0) is 59.3 Å². The van der Waals surface area contributed by atoms with Crippen molar-refractivity contribution in [2.24, 2.45) is 0 Å². The van der Waals surface area contributed by atoms with Gasteiger partial charge in [-0.2, -0.15) is 5.10 Å². The number of amides is 1. The van der Waals surface area contributed by atoms with Crippen LogP contribution in [0.25, 0.3) is 0 Å². The van der Waals surface area contributed by atoms with Crippen LogP contribution in [0, 0.1) is 6.92 Å². The number of benzene rings is 1. The molecule has 31 heavy (non-hydrogen) atoms. The summed E-state index contributed by atoms with van der Waals surface area (Å²) in [7, 11) is -3.93. The van der Waals surface area contributed by atoms with Crippen molar-refractivity contribution >= 4 is 55.0 Å². The Morgan fingerprint density at radius 2 is 1.87 bits per heavy atom. The van der Waals surface area contributed by atoms with Gasteiger partial charge >= 0.3 is 0 Å². The molecule has 3 aromatic rings. The molecular weight excluding hydrogens is 522 g/mol. The molecule has 0 bridgehead atoms. The number of hydrogen-bond donors (Lipinski definition) is 2. The average molecular weight is 536 g/mol. The van der Waals surface area contributed by atoms with Crippen LogP contribution >= 0.6 is 27.5 Å². The highest BCUT2D eigenvalue weighted by Crippen LogP contribution is 2.29. The third-order valence-corrected chi connectivity index (χ3v) is 6.53. The molecule has 0 aliphatic heterocycles. The normalized spacial score (nSPS) is 11.5. The lowest BCUT2D eigenvalue weighted by molar-refractivity contribution is -0.117. The molecule has 1 amide bonds. The minimum atomic E-state index is -3.93. The van der Waals surface area contributed by atoms with E-state index in [9.17, 15) is 22.0 Å². The molecule has 1 aromatic carbocycles. The van der Waals surface area contributed by atoms with Gasteiger partial charge in [-0.3, -0.25) is 14.2 Å². The van der Waals surface area contributed by atoms with E-state index in [2.05, 4.69) is 41.3 Å². The van der Waals surface area contributed by atoms with Gasteiger partial charge < -0.3 is 5.32 Å². The molecule has 2 heterocycles. The van der Waals surface area contributed by atoms with Gasteiger partial charge in [0, 0.05) is 5.69 Å². The summed E-state index contributed by atoms with van der Waals surface area (Å²) in [6.07, 6.45) is -2.78. The van der Waals surface area contributed by atoms with E-state index in [1.807, 2.05) is 0 Å². The number of aromatic nitrogens is 4. The molecule has 0 saturated heterocycles. The van der Waals surface area contributed by atoms with Crippen molar-refractivity contribution in [1.29, 1.82) is 0 Å². The van der Waals surface area contributed by atoms with Crippen LogP contribution in [0.3, 0.4) is 0 Å². The first kappa shape index (κ1) is 23.0. The SMILES string of the molecule is Cc1c(Br)c(C(F)F)nn1CC(=O)Nc1ccc(S(=O)(=O)Nc2ccc(Cl)nn2)cc1. The third kappa shape index (κ3) is 5.54. The molecule has 14 heteroatoms. The van der Waals surface area contributed by atoms with Crippen molar-refractivity contribution in [3.8, 4) is 0 Å². The molecule has 164 valence electrons. The van der Waals surface area contributed by atoms with Crippen LogP contribution in [0.5, 0.6) is 0 Å². The number of hydrogen-bond acceptors (Lipinski definition) is 6. The van der Waals surface area contributed by atoms with Crippen LogP contribution in [0.4, 0.5) is 20.3 Å². The van der Waals surface area contributed by atoms with Gasteiger partial charge in [-0.15, -0.1) is 10.2 Å². The zero-order valence-corrected chi connectivity index (χ0v) is 18.8. The molecule has 2 aromatic heterocycles. The quantitative estimate of drug-likeness (QED) is 0.475. The third-order valence-electron chi connectivity index (χ3n) is 3.98. The van der Waals surface area contributed by atoms with E-state index in [1.165, 1.54) is 36.4 Å². The lowest BCUT2D eigenvalue weighted by Crippen LogP contribution is -2.20. The van der Waals surface area contributed by atoms with Gasteiger partial charge in [0.15, 0.2) is 11.0 Å². The Morgan fingerprint density at radius 1 is 1.19 bits per heavy atom. The lowest BCUT2D eigenvalue weighted by Gasteiger charge is -2.09. The van der Waals surface area contributed by atoms with Crippen molar-refractivity contribution in [3.63, 3.8) is 0 Å². The maximum atomic E-state index is 12.9. The predicted octanol–water partition coefficient (Wildman–Crippen LogP) is 3.77. The Balaban J connectivity index is 1.67. The maximum absolute atomic E-state index is 12.9. The summed E-state index contributed by atoms with van der Waals surface area (Å²) in [5.41, 5.74) is 0.245. The first-order chi connectivity index (χ1) is 14.6. The van der Waals surface area contributed by atoms with Crippen LogP contribution in [-0.4, -0.2) is 34.3 Å². The molecule has 0 atom stereocenters. The Morgan fingerprint density at radius 3 is 2.42 bits per heavy atom. The summed E-state index contributed by atoms with van der Waals surface area (Å²) in [6.45, 7) is 1.25. The molecule has 9 nitrogen and oxygen atoms in total. The second-order valence-electron chi connectivity index (χ2n) is 6.16. The number of nitrogens with one attached hydrogen (secondary N) is 2. The van der Waals surface area contributed by atoms with Crippen molar-refractivity contribution < 1.29 is 22.0 Å². The van der Waals surface area contributed by atoms with E-state index in [4.69, 9.17) is 11.6 Å². The van der Waals surface area contributed by atoms with E-state index in [0.29, 0.717) is 11.4 Å². The summed E-state index contributed by atoms with van der Waals surface area (Å²) < 4.78 is 54.2. The second kappa shape index (κ2) is 9.24. The first-order valence-electron chi connectivity index (χ1n) is 8.50. The fourth-order valence-electron chi connectivity index (χ4n) is 2.46. The maximum Gasteiger partial charge on any atom is 0.283 e. The Kier molecular flexibility index (Phi) is 6.86. The van der Waals surface area contributed by atoms with Crippen LogP contribution in [0.2, 0.25) is 5.15 Å². The van der Waals surface area contributed by atoms with Crippen LogP contribution < -0.4 is 10.0 Å². The number of anilines is 2. The van der Waals surface area contributed by atoms with Gasteiger partial charge in [0.1, 0.15) is 12.2 Å². The fourth-order valence-corrected chi connectivity index (χ4v) is 4.02. The number of alkyl halides is 2. The number of carbonyl (C=O) groups excluding carboxylic acids is 1. The molecule has 0 fully saturated rings. The number of nitrogens with zero attached hydrogens (tertiary/aromatic N) is 4. The summed E-state index contributed by atoms with van der Waals surface area (Å²) in [4.78, 5) is 12.2. The van der Waals surface area contributed by atoms with E-state index in [1.54, 1.807) is 6.92 Å². The van der Waals surface area contributed by atoms with Crippen molar-refractivity contribution in [2.75, 3.05) is 10.0 Å². The number of carbonyl (C=O) groups is 1. The number of rotatable bonds is 7. The first-order valence-corrected chi connectivity index (χ1v) is 11.1. The average Bonchev–Trinajstić information content (AvgIpc) is 2.98. The highest BCUT2D eigenvalue weighted by atomic mass is 79.9. The molecule has 0 radical (unpaired) electrons. The van der Waals surface area contributed by atoms with E-state index in [-0.39, 0.29) is 26.9 Å². The summed E-state index contributed by atoms with van der Waals surface area (Å²) >= 11 is 8.65. The highest BCUT2D eigenvalue weighted by molar-refractivity contribution is 9.10. The Labute approximate surface area is 189 Å². The molecule has 0 aliphatic rings. The number of halogens is 4. The molecule has 2 N–H and O–H groups in total. The molecule has 0 aliphatic carbocycles. The fraction of sp³-hybridized carbons (Fsp3) is 0.176. The molecule has 0 saturated carbocycles. The zero-order chi connectivity index (χ0) is 22.8. The van der Waals surface area contributed by atoms with E-state index >= 15 is 0 Å². The smallest absolute Gasteiger partial charge is 0.283 e. The van der Waals surface area contributed by atoms with Gasteiger partial charge in [0.05, 0.1) is 15.1 Å². The number of sulfonamides is 1. The Hall–Kier alpha value is -2.64. The van der Waals surface area contributed by atoms with Crippen molar-refractivity contribution in [2.45, 2.75) is 24.8 Å². The molecule has 0 spiro atoms. The molecule has 0 unspecified atom stereocenters. The Bertz CT molecular complexity index is 1200. The van der Waals surface area contributed by atoms with Crippen molar-refractivity contribution in [1.82, 2.24) is 20.0 Å². The van der Waals surface area contributed by atoms with Crippen molar-refractivity contribution in [3.05, 3.63) is 57.4 Å². The van der Waals surface area contributed by atoms with Gasteiger partial charge in [-0.25, -0.2) is 17.2 Å². The minimum absolute atomic E-state index is 0.00861. The van der Waals surface area contributed by atoms with Crippen LogP contribution in [0.1, 0.15) is 17.8 Å². The van der Waals surface area contributed by atoms with Gasteiger partial charge in [-0.1, -0.05) is 11.6 Å². The summed E-state index contributed by atoms with van der Waals surface area (Å²) in [6, 6.07) is 8.08. The molecule has 3 rings (SSSR count). The molecular formula is C17H14BrClF2N6O3S. The predicted molar refractivity (Wildman–Crippen MR) is 113 cm³/mol. The summed E-state index contributed by atoms with van der Waals surface area (Å²) in [5.74, 6) is -0.533. The van der Waals surface area contributed by atoms with Gasteiger partial charge in [0.25, 0.3) is 16.4 Å². The summed E-state index contributed by atoms with van der Waals surface area (Å²) in [5, 5.41) is 13.6. The monoisotopic (exact) mass is 534 g/mol. The van der Waals surface area contributed by atoms with Gasteiger partial charge in [0.2, 0.25) is 5.91 Å². The van der Waals surface area contributed by atoms with Crippen LogP contribution in [0.15, 0.2) is 45.8 Å². The van der Waals surface area contributed by atoms with Crippen LogP contribution in [-0.2, 0) is 21.4 Å². The minimum Gasteiger partial charge on any atom is -0.324 e. The second-order valence-corrected chi connectivity index (χ2v) is 9.02. The topological polar surface area (TPSA) is 119 Å². The highest BCUT2D eigenvalue weighted by Gasteiger charge is 2.21.